The van der Waals surface area contributed by atoms with Crippen LogP contribution in [0.2, 0.25) is 4.34 Å². The fourth-order valence-corrected chi connectivity index (χ4v) is 4.23. The van der Waals surface area contributed by atoms with Crippen LogP contribution in [0.1, 0.15) is 18.5 Å². The van der Waals surface area contributed by atoms with Crippen molar-refractivity contribution in [3.8, 4) is 0 Å². The number of hydrogen-bond acceptors (Lipinski definition) is 8. The maximum Gasteiger partial charge on any atom is 0.245 e. The summed E-state index contributed by atoms with van der Waals surface area (Å²) in [5.74, 6) is 1.51. The van der Waals surface area contributed by atoms with Crippen molar-refractivity contribution >= 4 is 29.1 Å². The van der Waals surface area contributed by atoms with Crippen LogP contribution in [0.25, 0.3) is 0 Å². The lowest BCUT2D eigenvalue weighted by Crippen LogP contribution is -2.46. The molecule has 0 aliphatic carbocycles. The van der Waals surface area contributed by atoms with Gasteiger partial charge in [-0.25, -0.2) is 4.68 Å². The predicted octanol–water partition coefficient (Wildman–Crippen LogP) is 0.816. The Morgan fingerprint density at radius 1 is 1.32 bits per heavy atom. The van der Waals surface area contributed by atoms with Crippen molar-refractivity contribution in [1.29, 1.82) is 0 Å². The highest BCUT2D eigenvalue weighted by molar-refractivity contribution is 7.10. The van der Waals surface area contributed by atoms with Gasteiger partial charge in [-0.2, -0.15) is 0 Å². The summed E-state index contributed by atoms with van der Waals surface area (Å²) >= 11 is 7.38. The topological polar surface area (TPSA) is 75.9 Å². The maximum atomic E-state index is 6.13. The van der Waals surface area contributed by atoms with E-state index in [2.05, 4.69) is 34.9 Å². The fourth-order valence-electron chi connectivity index (χ4n) is 3.62. The molecule has 2 aliphatic heterocycles. The van der Waals surface area contributed by atoms with E-state index in [0.717, 1.165) is 37.8 Å². The Morgan fingerprint density at radius 3 is 2.95 bits per heavy atom. The van der Waals surface area contributed by atoms with Gasteiger partial charge in [0.2, 0.25) is 5.95 Å². The Morgan fingerprint density at radius 2 is 2.23 bits per heavy atom. The summed E-state index contributed by atoms with van der Waals surface area (Å²) in [5, 5.41) is 16.0. The molecule has 22 heavy (non-hydrogen) atoms. The van der Waals surface area contributed by atoms with Crippen molar-refractivity contribution in [2.75, 3.05) is 24.5 Å². The van der Waals surface area contributed by atoms with E-state index in [0.29, 0.717) is 16.3 Å². The summed E-state index contributed by atoms with van der Waals surface area (Å²) in [7, 11) is 1.90. The third kappa shape index (κ3) is 2.46. The molecule has 2 aromatic heterocycles. The third-order valence-electron chi connectivity index (χ3n) is 4.59. The Hall–Kier alpha value is -1.32. The zero-order chi connectivity index (χ0) is 15.1. The molecule has 2 unspecified atom stereocenters. The Labute approximate surface area is 137 Å². The van der Waals surface area contributed by atoms with Crippen LogP contribution < -0.4 is 4.90 Å². The SMILES string of the molecule is Cn1nnnc1N1CCCC2CN(Cc3nnsc3Cl)CC21. The minimum absolute atomic E-state index is 0.462. The molecule has 0 amide bonds. The average molecular weight is 341 g/mol. The highest BCUT2D eigenvalue weighted by atomic mass is 35.5. The largest absolute Gasteiger partial charge is 0.335 e. The molecule has 118 valence electrons. The molecule has 2 saturated heterocycles. The molecular weight excluding hydrogens is 324 g/mol. The Kier molecular flexibility index (Phi) is 3.71. The number of aromatic nitrogens is 6. The van der Waals surface area contributed by atoms with Gasteiger partial charge in [-0.05, 0) is 29.2 Å². The molecule has 0 radical (unpaired) electrons. The van der Waals surface area contributed by atoms with E-state index in [-0.39, 0.29) is 0 Å². The molecule has 0 bridgehead atoms. The van der Waals surface area contributed by atoms with Crippen molar-refractivity contribution < 1.29 is 0 Å². The molecule has 0 aromatic carbocycles. The molecule has 10 heteroatoms. The maximum absolute atomic E-state index is 6.13. The standard InChI is InChI=1S/C12H17ClN8S/c1-19-12(15-16-17-19)21-4-2-3-8-5-20(7-10(8)21)6-9-11(13)22-18-14-9/h8,10H,2-7H2,1H3. The van der Waals surface area contributed by atoms with Gasteiger partial charge in [-0.3, -0.25) is 4.90 Å². The van der Waals surface area contributed by atoms with E-state index in [4.69, 9.17) is 11.6 Å². The van der Waals surface area contributed by atoms with Crippen molar-refractivity contribution in [2.45, 2.75) is 25.4 Å². The molecule has 2 aliphatic rings. The number of fused-ring (bicyclic) bond motifs is 1. The average Bonchev–Trinajstić information content (AvgIpc) is 3.20. The van der Waals surface area contributed by atoms with E-state index in [9.17, 15) is 0 Å². The predicted molar refractivity (Wildman–Crippen MR) is 82.9 cm³/mol. The first-order valence-electron chi connectivity index (χ1n) is 7.40. The minimum Gasteiger partial charge on any atom is -0.335 e. The van der Waals surface area contributed by atoms with Gasteiger partial charge in [0, 0.05) is 50.8 Å². The zero-order valence-electron chi connectivity index (χ0n) is 12.3. The van der Waals surface area contributed by atoms with E-state index in [1.54, 1.807) is 4.68 Å². The van der Waals surface area contributed by atoms with Crippen molar-refractivity contribution in [3.63, 3.8) is 0 Å². The first kappa shape index (κ1) is 14.3. The summed E-state index contributed by atoms with van der Waals surface area (Å²) in [6, 6.07) is 0.462. The number of hydrogen-bond donors (Lipinski definition) is 0. The second kappa shape index (κ2) is 5.71. The van der Waals surface area contributed by atoms with Crippen LogP contribution in [-0.2, 0) is 13.6 Å². The number of aryl methyl sites for hydroxylation is 1. The molecule has 8 nitrogen and oxygen atoms in total. The summed E-state index contributed by atoms with van der Waals surface area (Å²) in [6.45, 7) is 3.85. The molecule has 4 rings (SSSR count). The van der Waals surface area contributed by atoms with Crippen LogP contribution in [0.15, 0.2) is 0 Å². The van der Waals surface area contributed by atoms with E-state index in [1.807, 2.05) is 7.05 Å². The number of piperidine rings is 1. The number of nitrogens with zero attached hydrogens (tertiary/aromatic N) is 8. The first-order chi connectivity index (χ1) is 10.7. The lowest BCUT2D eigenvalue weighted by Gasteiger charge is -2.36. The first-order valence-corrected chi connectivity index (χ1v) is 8.55. The third-order valence-corrected chi connectivity index (χ3v) is 5.58. The summed E-state index contributed by atoms with van der Waals surface area (Å²) in [6.07, 6.45) is 2.44. The van der Waals surface area contributed by atoms with Crippen LogP contribution in [0.5, 0.6) is 0 Å². The molecule has 0 N–H and O–H groups in total. The number of anilines is 1. The van der Waals surface area contributed by atoms with Crippen LogP contribution >= 0.6 is 23.1 Å². The van der Waals surface area contributed by atoms with Crippen LogP contribution in [0.3, 0.4) is 0 Å². The normalized spacial score (nSPS) is 25.6. The molecule has 2 fully saturated rings. The van der Waals surface area contributed by atoms with Crippen molar-refractivity contribution in [2.24, 2.45) is 13.0 Å². The monoisotopic (exact) mass is 340 g/mol. The Balaban J connectivity index is 1.51. The molecule has 2 atom stereocenters. The molecule has 2 aromatic rings. The van der Waals surface area contributed by atoms with Crippen molar-refractivity contribution in [3.05, 3.63) is 10.0 Å². The quantitative estimate of drug-likeness (QED) is 0.818. The highest BCUT2D eigenvalue weighted by Gasteiger charge is 2.40. The van der Waals surface area contributed by atoms with Gasteiger partial charge in [-0.1, -0.05) is 21.2 Å². The van der Waals surface area contributed by atoms with Crippen LogP contribution in [0.4, 0.5) is 5.95 Å². The summed E-state index contributed by atoms with van der Waals surface area (Å²) < 4.78 is 6.37. The minimum atomic E-state index is 0.462. The molecule has 4 heterocycles. The van der Waals surface area contributed by atoms with Gasteiger partial charge in [-0.15, -0.1) is 5.10 Å². The molecule has 0 saturated carbocycles. The number of rotatable bonds is 3. The Bertz CT molecular complexity index is 657. The lowest BCUT2D eigenvalue weighted by molar-refractivity contribution is 0.309. The van der Waals surface area contributed by atoms with Crippen molar-refractivity contribution in [1.82, 2.24) is 34.7 Å². The van der Waals surface area contributed by atoms with Gasteiger partial charge < -0.3 is 4.90 Å². The number of likely N-dealkylation sites (tertiary alicyclic amines) is 1. The van der Waals surface area contributed by atoms with Crippen LogP contribution in [0, 0.1) is 5.92 Å². The highest BCUT2D eigenvalue weighted by Crippen LogP contribution is 2.33. The molecular formula is C12H17ClN8S. The van der Waals surface area contributed by atoms with Gasteiger partial charge >= 0.3 is 0 Å². The second-order valence-electron chi connectivity index (χ2n) is 5.95. The van der Waals surface area contributed by atoms with E-state index < -0.39 is 0 Å². The van der Waals surface area contributed by atoms with Gasteiger partial charge in [0.05, 0.1) is 0 Å². The fraction of sp³-hybridized carbons (Fsp3) is 0.750. The van der Waals surface area contributed by atoms with Crippen LogP contribution in [-0.4, -0.2) is 60.4 Å². The molecule has 0 spiro atoms. The van der Waals surface area contributed by atoms with E-state index >= 15 is 0 Å². The van der Waals surface area contributed by atoms with Gasteiger partial charge in [0.1, 0.15) is 10.0 Å². The number of tetrazole rings is 1. The summed E-state index contributed by atoms with van der Waals surface area (Å²) in [5.41, 5.74) is 0.886. The smallest absolute Gasteiger partial charge is 0.245 e. The lowest BCUT2D eigenvalue weighted by atomic mass is 9.92. The van der Waals surface area contributed by atoms with E-state index in [1.165, 1.54) is 24.4 Å². The van der Waals surface area contributed by atoms with Gasteiger partial charge in [0.15, 0.2) is 0 Å². The van der Waals surface area contributed by atoms with Gasteiger partial charge in [0.25, 0.3) is 0 Å². The zero-order valence-corrected chi connectivity index (χ0v) is 13.8. The number of halogens is 1. The second-order valence-corrected chi connectivity index (χ2v) is 7.31. The summed E-state index contributed by atoms with van der Waals surface area (Å²) in [4.78, 5) is 4.77.